The number of hydrogen-bond donors (Lipinski definition) is 1. The van der Waals surface area contributed by atoms with Crippen molar-refractivity contribution in [1.29, 1.82) is 0 Å². The molecule has 1 N–H and O–H groups in total. The summed E-state index contributed by atoms with van der Waals surface area (Å²) in [5.41, 5.74) is 0.309. The van der Waals surface area contributed by atoms with E-state index in [2.05, 4.69) is 5.32 Å². The van der Waals surface area contributed by atoms with Crippen LogP contribution in [0.25, 0.3) is 0 Å². The molecule has 1 aliphatic rings. The first kappa shape index (κ1) is 23.9. The summed E-state index contributed by atoms with van der Waals surface area (Å²) >= 11 is 0. The Bertz CT molecular complexity index is 846. The van der Waals surface area contributed by atoms with E-state index < -0.39 is 10.0 Å². The van der Waals surface area contributed by atoms with E-state index >= 15 is 0 Å². The summed E-state index contributed by atoms with van der Waals surface area (Å²) in [5.74, 6) is -0.136. The number of hydrogen-bond acceptors (Lipinski definition) is 6. The number of piperidine rings is 1. The SMILES string of the molecule is CCOC(=O)N1CCC(C(=O)Nc2cc(S(=O)(=O)N(CC)CC)ccc2OC)CC1. The van der Waals surface area contributed by atoms with Crippen LogP contribution in [-0.2, 0) is 19.6 Å². The molecule has 2 amide bonds. The van der Waals surface area contributed by atoms with E-state index in [0.717, 1.165) is 0 Å². The minimum Gasteiger partial charge on any atom is -0.495 e. The van der Waals surface area contributed by atoms with Crippen molar-refractivity contribution in [2.45, 2.75) is 38.5 Å². The van der Waals surface area contributed by atoms with Crippen molar-refractivity contribution in [3.63, 3.8) is 0 Å². The van der Waals surface area contributed by atoms with Crippen LogP contribution in [0.4, 0.5) is 10.5 Å². The highest BCUT2D eigenvalue weighted by atomic mass is 32.2. The molecule has 0 unspecified atom stereocenters. The molecule has 0 aromatic heterocycles. The molecule has 168 valence electrons. The van der Waals surface area contributed by atoms with Crippen molar-refractivity contribution in [3.05, 3.63) is 18.2 Å². The van der Waals surface area contributed by atoms with Crippen LogP contribution in [-0.4, -0.2) is 69.5 Å². The fourth-order valence-corrected chi connectivity index (χ4v) is 4.92. The highest BCUT2D eigenvalue weighted by Crippen LogP contribution is 2.30. The van der Waals surface area contributed by atoms with Gasteiger partial charge in [0.05, 0.1) is 24.3 Å². The van der Waals surface area contributed by atoms with Gasteiger partial charge in [0.2, 0.25) is 15.9 Å². The van der Waals surface area contributed by atoms with Gasteiger partial charge in [0.25, 0.3) is 0 Å². The first-order valence-electron chi connectivity index (χ1n) is 10.2. The number of carbonyl (C=O) groups excluding carboxylic acids is 2. The highest BCUT2D eigenvalue weighted by Gasteiger charge is 2.29. The van der Waals surface area contributed by atoms with Crippen LogP contribution in [0.3, 0.4) is 0 Å². The molecule has 0 radical (unpaired) electrons. The van der Waals surface area contributed by atoms with E-state index in [1.165, 1.54) is 29.6 Å². The first-order valence-corrected chi connectivity index (χ1v) is 11.6. The third-order valence-corrected chi connectivity index (χ3v) is 7.21. The fourth-order valence-electron chi connectivity index (χ4n) is 3.43. The van der Waals surface area contributed by atoms with E-state index in [1.54, 1.807) is 25.7 Å². The van der Waals surface area contributed by atoms with Crippen LogP contribution >= 0.6 is 0 Å². The van der Waals surface area contributed by atoms with Crippen molar-refractivity contribution in [1.82, 2.24) is 9.21 Å². The topological polar surface area (TPSA) is 105 Å². The van der Waals surface area contributed by atoms with Crippen LogP contribution in [0.15, 0.2) is 23.1 Å². The Hall–Kier alpha value is -2.33. The minimum absolute atomic E-state index is 0.0967. The van der Waals surface area contributed by atoms with Crippen molar-refractivity contribution in [2.24, 2.45) is 5.92 Å². The summed E-state index contributed by atoms with van der Waals surface area (Å²) in [6.07, 6.45) is 0.641. The van der Waals surface area contributed by atoms with Gasteiger partial charge in [-0.25, -0.2) is 13.2 Å². The first-order chi connectivity index (χ1) is 14.3. The number of likely N-dealkylation sites (tertiary alicyclic amines) is 1. The molecule has 1 fully saturated rings. The number of amides is 2. The van der Waals surface area contributed by atoms with Crippen LogP contribution < -0.4 is 10.1 Å². The van der Waals surface area contributed by atoms with Gasteiger partial charge in [-0.15, -0.1) is 0 Å². The summed E-state index contributed by atoms with van der Waals surface area (Å²) in [6.45, 7) is 7.18. The van der Waals surface area contributed by atoms with E-state index in [4.69, 9.17) is 9.47 Å². The number of anilines is 1. The lowest BCUT2D eigenvalue weighted by molar-refractivity contribution is -0.121. The molecule has 1 heterocycles. The quantitative estimate of drug-likeness (QED) is 0.665. The zero-order chi connectivity index (χ0) is 22.3. The van der Waals surface area contributed by atoms with Gasteiger partial charge in [0.15, 0.2) is 0 Å². The van der Waals surface area contributed by atoms with Gasteiger partial charge in [0, 0.05) is 32.1 Å². The molecule has 10 heteroatoms. The smallest absolute Gasteiger partial charge is 0.409 e. The maximum Gasteiger partial charge on any atom is 0.409 e. The monoisotopic (exact) mass is 441 g/mol. The average molecular weight is 442 g/mol. The van der Waals surface area contributed by atoms with Gasteiger partial charge in [-0.05, 0) is 38.0 Å². The second-order valence-corrected chi connectivity index (χ2v) is 8.84. The number of sulfonamides is 1. The van der Waals surface area contributed by atoms with Crippen LogP contribution in [0.1, 0.15) is 33.6 Å². The molecule has 9 nitrogen and oxygen atoms in total. The molecule has 0 aliphatic carbocycles. The maximum absolute atomic E-state index is 12.8. The number of carbonyl (C=O) groups is 2. The Morgan fingerprint density at radius 2 is 1.80 bits per heavy atom. The van der Waals surface area contributed by atoms with Crippen LogP contribution in [0.2, 0.25) is 0 Å². The standard InChI is InChI=1S/C20H31N3O6S/c1-5-23(6-2)30(26,27)16-8-9-18(28-4)17(14-16)21-19(24)15-10-12-22(13-11-15)20(25)29-7-3/h8-9,14-15H,5-7,10-13H2,1-4H3,(H,21,24). The van der Waals surface area contributed by atoms with Gasteiger partial charge in [-0.1, -0.05) is 13.8 Å². The predicted octanol–water partition coefficient (Wildman–Crippen LogP) is 2.53. The maximum atomic E-state index is 12.8. The highest BCUT2D eigenvalue weighted by molar-refractivity contribution is 7.89. The number of benzene rings is 1. The molecule has 30 heavy (non-hydrogen) atoms. The van der Waals surface area contributed by atoms with Crippen molar-refractivity contribution < 1.29 is 27.5 Å². The van der Waals surface area contributed by atoms with Crippen LogP contribution in [0.5, 0.6) is 5.75 Å². The number of nitrogens with one attached hydrogen (secondary N) is 1. The summed E-state index contributed by atoms with van der Waals surface area (Å²) < 4.78 is 37.3. The Balaban J connectivity index is 2.14. The normalized spacial score (nSPS) is 15.2. The largest absolute Gasteiger partial charge is 0.495 e. The van der Waals surface area contributed by atoms with Gasteiger partial charge >= 0.3 is 6.09 Å². The second kappa shape index (κ2) is 10.6. The second-order valence-electron chi connectivity index (χ2n) is 6.90. The molecule has 1 aromatic carbocycles. The third kappa shape index (κ3) is 5.42. The van der Waals surface area contributed by atoms with Gasteiger partial charge in [-0.2, -0.15) is 4.31 Å². The summed E-state index contributed by atoms with van der Waals surface area (Å²) in [7, 11) is -2.20. The average Bonchev–Trinajstić information content (AvgIpc) is 2.74. The minimum atomic E-state index is -3.66. The molecule has 0 atom stereocenters. The molecular formula is C20H31N3O6S. The van der Waals surface area contributed by atoms with E-state index in [-0.39, 0.29) is 22.8 Å². The van der Waals surface area contributed by atoms with Gasteiger partial charge in [-0.3, -0.25) is 4.79 Å². The molecule has 0 spiro atoms. The zero-order valence-corrected chi connectivity index (χ0v) is 18.8. The fraction of sp³-hybridized carbons (Fsp3) is 0.600. The van der Waals surface area contributed by atoms with Crippen molar-refractivity contribution >= 4 is 27.7 Å². The molecule has 0 bridgehead atoms. The zero-order valence-electron chi connectivity index (χ0n) is 18.0. The molecular weight excluding hydrogens is 410 g/mol. The van der Waals surface area contributed by atoms with E-state index in [0.29, 0.717) is 57.1 Å². The Morgan fingerprint density at radius 3 is 2.33 bits per heavy atom. The number of nitrogens with zero attached hydrogens (tertiary/aromatic N) is 2. The molecule has 0 saturated carbocycles. The molecule has 1 aliphatic heterocycles. The summed E-state index contributed by atoms with van der Waals surface area (Å²) in [5, 5.41) is 2.81. The number of ether oxygens (including phenoxy) is 2. The summed E-state index contributed by atoms with van der Waals surface area (Å²) in [6, 6.07) is 4.44. The lowest BCUT2D eigenvalue weighted by atomic mass is 9.96. The predicted molar refractivity (Wildman–Crippen MR) is 113 cm³/mol. The lowest BCUT2D eigenvalue weighted by Gasteiger charge is -2.30. The van der Waals surface area contributed by atoms with Gasteiger partial charge < -0.3 is 19.7 Å². The Kier molecular flexibility index (Phi) is 8.48. The third-order valence-electron chi connectivity index (χ3n) is 5.16. The molecule has 1 aromatic rings. The van der Waals surface area contributed by atoms with E-state index in [9.17, 15) is 18.0 Å². The molecule has 2 rings (SSSR count). The van der Waals surface area contributed by atoms with Crippen molar-refractivity contribution in [2.75, 3.05) is 45.2 Å². The van der Waals surface area contributed by atoms with Crippen molar-refractivity contribution in [3.8, 4) is 5.75 Å². The number of methoxy groups -OCH3 is 1. The van der Waals surface area contributed by atoms with Gasteiger partial charge in [0.1, 0.15) is 5.75 Å². The van der Waals surface area contributed by atoms with Crippen LogP contribution in [0, 0.1) is 5.92 Å². The lowest BCUT2D eigenvalue weighted by Crippen LogP contribution is -2.41. The number of rotatable bonds is 8. The molecule has 1 saturated heterocycles. The Morgan fingerprint density at radius 1 is 1.17 bits per heavy atom. The summed E-state index contributed by atoms with van der Waals surface area (Å²) in [4.78, 5) is 26.3. The Labute approximate surface area is 178 Å². The van der Waals surface area contributed by atoms with E-state index in [1.807, 2.05) is 0 Å².